The number of aliphatic hydroxyl groups excluding tert-OH is 1. The van der Waals surface area contributed by atoms with Crippen molar-refractivity contribution in [3.05, 3.63) is 83.4 Å². The number of fused-ring (bicyclic) bond motifs is 5. The number of H-pyrrole nitrogens is 1. The van der Waals surface area contributed by atoms with Crippen molar-refractivity contribution < 1.29 is 15.0 Å². The topological polar surface area (TPSA) is 88.6 Å². The van der Waals surface area contributed by atoms with Crippen LogP contribution in [0.25, 0.3) is 21.8 Å². The number of benzene rings is 3. The molecule has 33 heavy (non-hydrogen) atoms. The van der Waals surface area contributed by atoms with Gasteiger partial charge in [-0.2, -0.15) is 0 Å². The van der Waals surface area contributed by atoms with Crippen molar-refractivity contribution >= 4 is 27.9 Å². The lowest BCUT2D eigenvalue weighted by Crippen LogP contribution is -2.49. The van der Waals surface area contributed by atoms with Crippen molar-refractivity contribution in [1.29, 1.82) is 0 Å². The Bertz CT molecular complexity index is 1350. The number of rotatable bonds is 3. The minimum absolute atomic E-state index is 0.401. The van der Waals surface area contributed by atoms with E-state index in [1.54, 1.807) is 0 Å². The van der Waals surface area contributed by atoms with Crippen LogP contribution in [0, 0.1) is 0 Å². The highest BCUT2D eigenvalue weighted by atomic mass is 16.4. The first kappa shape index (κ1) is 20.3. The molecule has 0 saturated carbocycles. The van der Waals surface area contributed by atoms with Crippen molar-refractivity contribution in [2.24, 2.45) is 0 Å². The maximum absolute atomic E-state index is 11.4. The molecule has 168 valence electrons. The monoisotopic (exact) mass is 441 g/mol. The summed E-state index contributed by atoms with van der Waals surface area (Å²) in [6.45, 7) is 2.57. The van der Waals surface area contributed by atoms with Crippen LogP contribution in [0.1, 0.15) is 35.6 Å². The van der Waals surface area contributed by atoms with Gasteiger partial charge in [0.15, 0.2) is 0 Å². The zero-order valence-corrected chi connectivity index (χ0v) is 18.3. The van der Waals surface area contributed by atoms with Crippen molar-refractivity contribution in [1.82, 2.24) is 15.2 Å². The molecule has 4 aromatic rings. The normalized spacial score (nSPS) is 22.1. The van der Waals surface area contributed by atoms with E-state index < -0.39 is 23.7 Å². The predicted octanol–water partition coefficient (Wildman–Crippen LogP) is 4.54. The van der Waals surface area contributed by atoms with E-state index in [1.165, 1.54) is 16.3 Å². The molecular weight excluding hydrogens is 414 g/mol. The Morgan fingerprint density at radius 3 is 2.55 bits per heavy atom. The summed E-state index contributed by atoms with van der Waals surface area (Å²) in [7, 11) is 0. The highest BCUT2D eigenvalue weighted by molar-refractivity contribution is 6.07. The van der Waals surface area contributed by atoms with Crippen molar-refractivity contribution in [2.45, 2.75) is 36.9 Å². The number of carboxylic acid groups (broad SMARTS) is 1. The second-order valence-corrected chi connectivity index (χ2v) is 9.44. The lowest BCUT2D eigenvalue weighted by molar-refractivity contribution is 0.0200. The van der Waals surface area contributed by atoms with Crippen LogP contribution in [-0.2, 0) is 12.0 Å². The fourth-order valence-electron chi connectivity index (χ4n) is 6.09. The number of piperidine rings is 1. The second kappa shape index (κ2) is 7.61. The Hall–Kier alpha value is -3.35. The van der Waals surface area contributed by atoms with Crippen molar-refractivity contribution in [3.63, 3.8) is 0 Å². The van der Waals surface area contributed by atoms with Gasteiger partial charge in [0.2, 0.25) is 0 Å². The smallest absolute Gasteiger partial charge is 0.405 e. The number of nitrogens with zero attached hydrogens (tertiary/aromatic N) is 1. The predicted molar refractivity (Wildman–Crippen MR) is 128 cm³/mol. The molecule has 6 heteroatoms. The summed E-state index contributed by atoms with van der Waals surface area (Å²) < 4.78 is 0. The molecule has 0 radical (unpaired) electrons. The van der Waals surface area contributed by atoms with E-state index in [0.717, 1.165) is 54.6 Å². The van der Waals surface area contributed by atoms with Gasteiger partial charge in [-0.15, -0.1) is 0 Å². The minimum Gasteiger partial charge on any atom is -0.465 e. The summed E-state index contributed by atoms with van der Waals surface area (Å²) in [6, 6.07) is 22.3. The fraction of sp³-hybridized carbons (Fsp3) is 0.296. The summed E-state index contributed by atoms with van der Waals surface area (Å²) in [5.74, 6) is 0. The molecule has 6 rings (SSSR count). The number of para-hydroxylation sites is 1. The van der Waals surface area contributed by atoms with E-state index >= 15 is 0 Å². The average Bonchev–Trinajstić information content (AvgIpc) is 3.29. The third-order valence-electron chi connectivity index (χ3n) is 7.72. The van der Waals surface area contributed by atoms with Crippen LogP contribution >= 0.6 is 0 Å². The molecular formula is C27H27N3O3. The molecule has 1 aromatic heterocycles. The molecule has 3 aromatic carbocycles. The molecule has 0 bridgehead atoms. The Morgan fingerprint density at radius 1 is 1.00 bits per heavy atom. The number of likely N-dealkylation sites (tertiary alicyclic amines) is 1. The first-order valence-corrected chi connectivity index (χ1v) is 11.5. The van der Waals surface area contributed by atoms with Gasteiger partial charge >= 0.3 is 6.09 Å². The SMILES string of the molecule is O=C(O)N[C@H]1c2ccccc2C2(CCN(Cc3ccc4c(c3)[nH]c3ccccc34)CC2)C1O. The lowest BCUT2D eigenvalue weighted by atomic mass is 9.72. The van der Waals surface area contributed by atoms with E-state index in [1.807, 2.05) is 24.3 Å². The van der Waals surface area contributed by atoms with Crippen molar-refractivity contribution in [3.8, 4) is 0 Å². The van der Waals surface area contributed by atoms with E-state index in [4.69, 9.17) is 0 Å². The lowest BCUT2D eigenvalue weighted by Gasteiger charge is -2.42. The molecule has 1 amide bonds. The fourth-order valence-corrected chi connectivity index (χ4v) is 6.09. The molecule has 2 aliphatic rings. The van der Waals surface area contributed by atoms with Gasteiger partial charge in [0.05, 0.1) is 12.1 Å². The summed E-state index contributed by atoms with van der Waals surface area (Å²) in [5.41, 5.74) is 5.18. The number of amides is 1. The summed E-state index contributed by atoms with van der Waals surface area (Å²) >= 11 is 0. The summed E-state index contributed by atoms with van der Waals surface area (Å²) in [4.78, 5) is 17.3. The Morgan fingerprint density at radius 2 is 1.73 bits per heavy atom. The number of hydrogen-bond donors (Lipinski definition) is 4. The Balaban J connectivity index is 1.22. The van der Waals surface area contributed by atoms with E-state index in [-0.39, 0.29) is 0 Å². The number of aromatic nitrogens is 1. The summed E-state index contributed by atoms with van der Waals surface area (Å²) in [6.07, 6.45) is -0.249. The zero-order valence-electron chi connectivity index (χ0n) is 18.3. The molecule has 1 aliphatic heterocycles. The van der Waals surface area contributed by atoms with Crippen LogP contribution in [0.4, 0.5) is 4.79 Å². The number of carbonyl (C=O) groups is 1. The first-order valence-electron chi connectivity index (χ1n) is 11.5. The molecule has 1 spiro atoms. The molecule has 1 saturated heterocycles. The maximum Gasteiger partial charge on any atom is 0.405 e. The standard InChI is InChI=1S/C27H27N3O3/c31-25-24(29-26(32)33)20-6-1-3-7-21(20)27(25)11-13-30(14-12-27)16-17-9-10-19-18-5-2-4-8-22(18)28-23(19)15-17/h1-10,15,24-25,28-29,31H,11-14,16H2,(H,32,33)/t24-,25?/m0/s1. The van der Waals surface area contributed by atoms with Gasteiger partial charge in [0.1, 0.15) is 0 Å². The number of aliphatic hydroxyl groups is 1. The molecule has 1 aliphatic carbocycles. The van der Waals surface area contributed by atoms with Crippen LogP contribution < -0.4 is 5.32 Å². The Kier molecular flexibility index (Phi) is 4.67. The van der Waals surface area contributed by atoms with E-state index in [0.29, 0.717) is 0 Å². The van der Waals surface area contributed by atoms with Crippen LogP contribution in [0.5, 0.6) is 0 Å². The third kappa shape index (κ3) is 3.21. The minimum atomic E-state index is -1.10. The number of hydrogen-bond acceptors (Lipinski definition) is 3. The van der Waals surface area contributed by atoms with E-state index in [2.05, 4.69) is 57.7 Å². The van der Waals surface area contributed by atoms with Gasteiger partial charge < -0.3 is 20.5 Å². The van der Waals surface area contributed by atoms with Crippen molar-refractivity contribution in [2.75, 3.05) is 13.1 Å². The molecule has 6 nitrogen and oxygen atoms in total. The van der Waals surface area contributed by atoms with Gasteiger partial charge in [-0.25, -0.2) is 4.79 Å². The third-order valence-corrected chi connectivity index (χ3v) is 7.72. The second-order valence-electron chi connectivity index (χ2n) is 9.44. The van der Waals surface area contributed by atoms with Gasteiger partial charge in [-0.3, -0.25) is 4.90 Å². The van der Waals surface area contributed by atoms with Gasteiger partial charge in [0.25, 0.3) is 0 Å². The van der Waals surface area contributed by atoms with Crippen LogP contribution in [0.3, 0.4) is 0 Å². The molecule has 2 atom stereocenters. The largest absolute Gasteiger partial charge is 0.465 e. The van der Waals surface area contributed by atoms with Crippen LogP contribution in [0.15, 0.2) is 66.7 Å². The van der Waals surface area contributed by atoms with Crippen LogP contribution in [-0.4, -0.2) is 45.4 Å². The molecule has 2 heterocycles. The molecule has 1 fully saturated rings. The van der Waals surface area contributed by atoms with Gasteiger partial charge in [-0.05, 0) is 54.8 Å². The Labute approximate surface area is 191 Å². The van der Waals surface area contributed by atoms with Gasteiger partial charge in [0, 0.05) is 33.8 Å². The summed E-state index contributed by atoms with van der Waals surface area (Å²) in [5, 5.41) is 25.6. The van der Waals surface area contributed by atoms with Crippen LogP contribution in [0.2, 0.25) is 0 Å². The highest BCUT2D eigenvalue weighted by Crippen LogP contribution is 2.51. The zero-order chi connectivity index (χ0) is 22.6. The number of nitrogens with one attached hydrogen (secondary N) is 2. The molecule has 1 unspecified atom stereocenters. The first-order chi connectivity index (χ1) is 16.0. The van der Waals surface area contributed by atoms with Gasteiger partial charge in [-0.1, -0.05) is 54.6 Å². The average molecular weight is 442 g/mol. The van der Waals surface area contributed by atoms with E-state index in [9.17, 15) is 15.0 Å². The quantitative estimate of drug-likeness (QED) is 0.376. The maximum atomic E-state index is 11.4. The molecule has 4 N–H and O–H groups in total. The number of aromatic amines is 1. The highest BCUT2D eigenvalue weighted by Gasteiger charge is 2.52.